The minimum Gasteiger partial charge on any atom is -0.0836 e. The second kappa shape index (κ2) is 20.5. The first kappa shape index (κ1) is 46.7. The smallest absolute Gasteiger partial charge is 0.00961 e. The van der Waals surface area contributed by atoms with E-state index in [9.17, 15) is 0 Å². The monoisotopic (exact) mass is 909 g/mol. The van der Waals surface area contributed by atoms with Crippen molar-refractivity contribution in [2.45, 2.75) is 99.3 Å². The highest BCUT2D eigenvalue weighted by molar-refractivity contribution is 5.87. The standard InChI is InChI=1S/C46H38.C20H18.2C2H6/c1-29-14-16-33(31-18-20-32(21-19-31)34-22-23-37-24-35-8-3-5-11-40(35)45(37)27-34)26-43(29)44-28-38(17-15-30(44)2)42-13-7-10-39-25-36-9-4-6-12-41(36)46(39)42;1-14-9-11-15(12-10-14)18-8-4-6-17-13-16-5-2-3-7-19(16)20(17)18;2*1-2/h3,5-6,8,10-12,14-23,26-28H,4,7,9,13,24-25H2,1-2H3;2-12,16,19H,13H2,1H3;2*1-2H3. The van der Waals surface area contributed by atoms with Gasteiger partial charge in [0.1, 0.15) is 0 Å². The fourth-order valence-corrected chi connectivity index (χ4v) is 11.9. The molecule has 2 atom stereocenters. The lowest BCUT2D eigenvalue weighted by Gasteiger charge is -2.21. The van der Waals surface area contributed by atoms with Crippen molar-refractivity contribution < 1.29 is 0 Å². The van der Waals surface area contributed by atoms with Crippen LogP contribution in [0.3, 0.4) is 0 Å². The molecule has 0 heteroatoms. The van der Waals surface area contributed by atoms with Crippen LogP contribution in [0.5, 0.6) is 0 Å². The van der Waals surface area contributed by atoms with Gasteiger partial charge in [-0.2, -0.15) is 0 Å². The van der Waals surface area contributed by atoms with Crippen molar-refractivity contribution in [2.75, 3.05) is 0 Å². The molecule has 0 saturated carbocycles. The van der Waals surface area contributed by atoms with Crippen molar-refractivity contribution in [3.63, 3.8) is 0 Å². The Morgan fingerprint density at radius 1 is 0.457 bits per heavy atom. The van der Waals surface area contributed by atoms with Crippen LogP contribution in [0.15, 0.2) is 210 Å². The minimum absolute atomic E-state index is 0.563. The first-order valence-corrected chi connectivity index (χ1v) is 26.3. The second-order valence-electron chi connectivity index (χ2n) is 19.5. The van der Waals surface area contributed by atoms with Crippen LogP contribution in [0.2, 0.25) is 0 Å². The molecule has 13 rings (SSSR count). The zero-order chi connectivity index (χ0) is 48.3. The Morgan fingerprint density at radius 3 is 1.81 bits per heavy atom. The summed E-state index contributed by atoms with van der Waals surface area (Å²) in [6.45, 7) is 14.7. The van der Waals surface area contributed by atoms with Gasteiger partial charge in [0.25, 0.3) is 0 Å². The third-order valence-electron chi connectivity index (χ3n) is 15.4. The highest BCUT2D eigenvalue weighted by atomic mass is 14.4. The lowest BCUT2D eigenvalue weighted by atomic mass is 9.83. The SMILES string of the molecule is CC.CC.Cc1ccc(-c2cccc3c2C2C=CC=CC2C3)cc1.Cc1ccc(C2=C3C(=CCC2)CC2=C3C=CCC2)cc1-c1cc(-c2ccc(-c3ccc4c(c3)-c3ccccc3C4)cc2)ccc1C. The third-order valence-corrected chi connectivity index (χ3v) is 15.4. The maximum Gasteiger partial charge on any atom is 0.00961 e. The Bertz CT molecular complexity index is 3280. The van der Waals surface area contributed by atoms with E-state index in [4.69, 9.17) is 0 Å². The molecule has 0 aliphatic heterocycles. The molecule has 0 fully saturated rings. The van der Waals surface area contributed by atoms with Crippen molar-refractivity contribution >= 4 is 5.57 Å². The minimum atomic E-state index is 0.563. The molecule has 0 spiro atoms. The topological polar surface area (TPSA) is 0 Å². The molecule has 7 aromatic rings. The van der Waals surface area contributed by atoms with Gasteiger partial charge in [0.05, 0.1) is 0 Å². The Balaban J connectivity index is 0.000000197. The zero-order valence-electron chi connectivity index (χ0n) is 42.5. The summed E-state index contributed by atoms with van der Waals surface area (Å²) >= 11 is 0. The maximum absolute atomic E-state index is 2.50. The van der Waals surface area contributed by atoms with E-state index >= 15 is 0 Å². The summed E-state index contributed by atoms with van der Waals surface area (Å²) in [6, 6.07) is 54.8. The summed E-state index contributed by atoms with van der Waals surface area (Å²) < 4.78 is 0. The van der Waals surface area contributed by atoms with Gasteiger partial charge in [-0.25, -0.2) is 0 Å². The van der Waals surface area contributed by atoms with Gasteiger partial charge in [-0.15, -0.1) is 0 Å². The molecular formula is C70H68. The number of hydrogen-bond donors (Lipinski definition) is 0. The van der Waals surface area contributed by atoms with Gasteiger partial charge in [-0.1, -0.05) is 209 Å². The summed E-state index contributed by atoms with van der Waals surface area (Å²) in [6.07, 6.45) is 24.4. The number of aryl methyl sites for hydroxylation is 3. The molecule has 0 N–H and O–H groups in total. The van der Waals surface area contributed by atoms with Crippen molar-refractivity contribution in [1.82, 2.24) is 0 Å². The Labute approximate surface area is 419 Å². The molecule has 0 nitrogen and oxygen atoms in total. The van der Waals surface area contributed by atoms with Crippen LogP contribution in [-0.2, 0) is 12.8 Å². The highest BCUT2D eigenvalue weighted by Crippen LogP contribution is 2.49. The predicted molar refractivity (Wildman–Crippen MR) is 302 cm³/mol. The molecule has 2 unspecified atom stereocenters. The van der Waals surface area contributed by atoms with Gasteiger partial charge >= 0.3 is 0 Å². The number of benzene rings is 7. The molecular weight excluding hydrogens is 841 g/mol. The molecule has 0 aromatic heterocycles. The van der Waals surface area contributed by atoms with Gasteiger partial charge in [0, 0.05) is 5.92 Å². The fourth-order valence-electron chi connectivity index (χ4n) is 11.9. The van der Waals surface area contributed by atoms with Crippen LogP contribution in [0.4, 0.5) is 0 Å². The summed E-state index contributed by atoms with van der Waals surface area (Å²) in [5, 5.41) is 0. The van der Waals surface area contributed by atoms with Crippen LogP contribution in [0.1, 0.15) is 110 Å². The van der Waals surface area contributed by atoms with Gasteiger partial charge in [0.15, 0.2) is 0 Å². The fraction of sp³-hybridized carbons (Fsp3) is 0.229. The summed E-state index contributed by atoms with van der Waals surface area (Å²) in [4.78, 5) is 0. The first-order valence-electron chi connectivity index (χ1n) is 26.3. The number of allylic oxidation sites excluding steroid dienone is 12. The lowest BCUT2D eigenvalue weighted by molar-refractivity contribution is 0.630. The summed E-state index contributed by atoms with van der Waals surface area (Å²) in [7, 11) is 0. The molecule has 0 amide bonds. The molecule has 7 aromatic carbocycles. The van der Waals surface area contributed by atoms with Crippen LogP contribution in [0.25, 0.3) is 61.2 Å². The van der Waals surface area contributed by atoms with Crippen molar-refractivity contribution in [3.05, 3.63) is 255 Å². The van der Waals surface area contributed by atoms with Gasteiger partial charge in [-0.05, 0) is 207 Å². The van der Waals surface area contributed by atoms with Crippen molar-refractivity contribution in [2.24, 2.45) is 5.92 Å². The lowest BCUT2D eigenvalue weighted by Crippen LogP contribution is -2.05. The van der Waals surface area contributed by atoms with Gasteiger partial charge in [0.2, 0.25) is 0 Å². The number of rotatable bonds is 5. The Kier molecular flexibility index (Phi) is 13.7. The number of fused-ring (bicyclic) bond motifs is 8. The summed E-state index contributed by atoms with van der Waals surface area (Å²) in [5.41, 5.74) is 32.4. The molecule has 0 heterocycles. The van der Waals surface area contributed by atoms with Crippen molar-refractivity contribution in [3.8, 4) is 55.6 Å². The maximum atomic E-state index is 2.50. The van der Waals surface area contributed by atoms with Crippen LogP contribution in [-0.4, -0.2) is 0 Å². The quantitative estimate of drug-likeness (QED) is 0.161. The largest absolute Gasteiger partial charge is 0.0836 e. The Hall–Kier alpha value is -7.02. The average Bonchev–Trinajstić information content (AvgIpc) is 4.12. The van der Waals surface area contributed by atoms with Crippen LogP contribution < -0.4 is 0 Å². The third kappa shape index (κ3) is 8.90. The first-order chi connectivity index (χ1) is 34.4. The van der Waals surface area contributed by atoms with Crippen molar-refractivity contribution in [1.29, 1.82) is 0 Å². The van der Waals surface area contributed by atoms with Crippen LogP contribution >= 0.6 is 0 Å². The zero-order valence-corrected chi connectivity index (χ0v) is 42.5. The van der Waals surface area contributed by atoms with E-state index in [1.165, 1.54) is 131 Å². The van der Waals surface area contributed by atoms with E-state index in [1.807, 2.05) is 27.7 Å². The highest BCUT2D eigenvalue weighted by Gasteiger charge is 2.32. The second-order valence-corrected chi connectivity index (χ2v) is 19.5. The van der Waals surface area contributed by atoms with Gasteiger partial charge in [-0.3, -0.25) is 0 Å². The molecule has 348 valence electrons. The van der Waals surface area contributed by atoms with E-state index in [0.29, 0.717) is 11.8 Å². The molecule has 6 aliphatic carbocycles. The van der Waals surface area contributed by atoms with E-state index in [0.717, 1.165) is 25.7 Å². The molecule has 0 radical (unpaired) electrons. The molecule has 0 saturated heterocycles. The molecule has 70 heavy (non-hydrogen) atoms. The van der Waals surface area contributed by atoms with Crippen LogP contribution in [0, 0.1) is 26.7 Å². The molecule has 0 bridgehead atoms. The average molecular weight is 909 g/mol. The van der Waals surface area contributed by atoms with E-state index in [-0.39, 0.29) is 0 Å². The van der Waals surface area contributed by atoms with Gasteiger partial charge < -0.3 is 0 Å². The predicted octanol–water partition coefficient (Wildman–Crippen LogP) is 19.5. The van der Waals surface area contributed by atoms with E-state index < -0.39 is 0 Å². The molecule has 6 aliphatic rings. The number of hydrogen-bond acceptors (Lipinski definition) is 0. The normalized spacial score (nSPS) is 17.3. The Morgan fingerprint density at radius 2 is 1.06 bits per heavy atom. The van der Waals surface area contributed by atoms with E-state index in [1.54, 1.807) is 16.7 Å². The summed E-state index contributed by atoms with van der Waals surface area (Å²) in [5.74, 6) is 1.22. The van der Waals surface area contributed by atoms with E-state index in [2.05, 4.69) is 209 Å².